The van der Waals surface area contributed by atoms with Gasteiger partial charge in [0.15, 0.2) is 0 Å². The van der Waals surface area contributed by atoms with Crippen LogP contribution in [0, 0.1) is 11.8 Å². The van der Waals surface area contributed by atoms with E-state index in [0.29, 0.717) is 45.6 Å². The second-order valence-corrected chi connectivity index (χ2v) is 10.6. The van der Waals surface area contributed by atoms with Crippen LogP contribution in [0.1, 0.15) is 71.2 Å². The number of benzene rings is 2. The zero-order chi connectivity index (χ0) is 25.8. The molecule has 1 aliphatic carbocycles. The zero-order valence-electron chi connectivity index (χ0n) is 21.7. The number of halogens is 1. The Morgan fingerprint density at radius 2 is 1.81 bits per heavy atom. The molecule has 1 amide bonds. The SMILES string of the molecule is COc1ccc(-n2c(C(C)N(CCC(C)C)C(=O)C3CCCCC3)nc3cc(Cl)ccc3c2=O)cc1. The molecule has 4 rings (SSSR count). The highest BCUT2D eigenvalue weighted by atomic mass is 35.5. The molecular weight excluding hydrogens is 474 g/mol. The molecule has 1 atom stereocenters. The fourth-order valence-corrected chi connectivity index (χ4v) is 5.22. The largest absolute Gasteiger partial charge is 0.497 e. The minimum atomic E-state index is -0.392. The van der Waals surface area contributed by atoms with Crippen molar-refractivity contribution in [1.29, 1.82) is 0 Å². The van der Waals surface area contributed by atoms with Gasteiger partial charge in [0, 0.05) is 17.5 Å². The summed E-state index contributed by atoms with van der Waals surface area (Å²) >= 11 is 6.26. The Balaban J connectivity index is 1.86. The minimum absolute atomic E-state index is 0.0319. The molecule has 1 aliphatic rings. The van der Waals surface area contributed by atoms with Crippen LogP contribution in [0.3, 0.4) is 0 Å². The van der Waals surface area contributed by atoms with E-state index in [-0.39, 0.29) is 17.4 Å². The average molecular weight is 510 g/mol. The smallest absolute Gasteiger partial charge is 0.266 e. The van der Waals surface area contributed by atoms with Crippen molar-refractivity contribution in [2.24, 2.45) is 11.8 Å². The summed E-state index contributed by atoms with van der Waals surface area (Å²) in [6.45, 7) is 6.94. The predicted molar refractivity (Wildman–Crippen MR) is 145 cm³/mol. The fraction of sp³-hybridized carbons (Fsp3) is 0.483. The van der Waals surface area contributed by atoms with E-state index in [1.165, 1.54) is 6.42 Å². The van der Waals surface area contributed by atoms with Crippen LogP contribution >= 0.6 is 11.6 Å². The van der Waals surface area contributed by atoms with Gasteiger partial charge in [0.1, 0.15) is 11.6 Å². The van der Waals surface area contributed by atoms with Crippen LogP contribution in [0.25, 0.3) is 16.6 Å². The van der Waals surface area contributed by atoms with Gasteiger partial charge in [-0.05, 0) is 74.6 Å². The molecule has 1 saturated carbocycles. The molecule has 7 heteroatoms. The summed E-state index contributed by atoms with van der Waals surface area (Å²) in [4.78, 5) is 34.6. The molecule has 0 spiro atoms. The molecule has 2 aromatic carbocycles. The van der Waals surface area contributed by atoms with Gasteiger partial charge in [-0.1, -0.05) is 44.7 Å². The highest BCUT2D eigenvalue weighted by molar-refractivity contribution is 6.31. The van der Waals surface area contributed by atoms with Crippen molar-refractivity contribution >= 4 is 28.4 Å². The lowest BCUT2D eigenvalue weighted by Gasteiger charge is -2.35. The Labute approximate surface area is 218 Å². The number of nitrogens with zero attached hydrogens (tertiary/aromatic N) is 3. The number of carbonyl (C=O) groups is 1. The number of fused-ring (bicyclic) bond motifs is 1. The molecule has 3 aromatic rings. The van der Waals surface area contributed by atoms with Gasteiger partial charge in [0.05, 0.1) is 29.7 Å². The minimum Gasteiger partial charge on any atom is -0.497 e. The fourth-order valence-electron chi connectivity index (χ4n) is 5.05. The molecule has 36 heavy (non-hydrogen) atoms. The maximum absolute atomic E-state index is 13.8. The normalized spacial score (nSPS) is 15.3. The van der Waals surface area contributed by atoms with Gasteiger partial charge in [-0.3, -0.25) is 14.2 Å². The molecule has 1 unspecified atom stereocenters. The van der Waals surface area contributed by atoms with Crippen molar-refractivity contribution in [2.45, 2.75) is 65.3 Å². The summed E-state index contributed by atoms with van der Waals surface area (Å²) in [5.41, 5.74) is 1.03. The van der Waals surface area contributed by atoms with Crippen LogP contribution in [0.15, 0.2) is 47.3 Å². The summed E-state index contributed by atoms with van der Waals surface area (Å²) in [7, 11) is 1.61. The van der Waals surface area contributed by atoms with E-state index in [4.69, 9.17) is 21.3 Å². The Kier molecular flexibility index (Phi) is 8.35. The molecule has 1 aromatic heterocycles. The van der Waals surface area contributed by atoms with E-state index >= 15 is 0 Å². The first-order valence-electron chi connectivity index (χ1n) is 13.0. The van der Waals surface area contributed by atoms with Gasteiger partial charge in [0.2, 0.25) is 5.91 Å². The van der Waals surface area contributed by atoms with Gasteiger partial charge < -0.3 is 9.64 Å². The van der Waals surface area contributed by atoms with E-state index in [2.05, 4.69) is 13.8 Å². The Morgan fingerprint density at radius 3 is 2.44 bits per heavy atom. The average Bonchev–Trinajstić information content (AvgIpc) is 2.88. The molecule has 0 N–H and O–H groups in total. The highest BCUT2D eigenvalue weighted by Gasteiger charge is 2.32. The summed E-state index contributed by atoms with van der Waals surface area (Å²) < 4.78 is 6.95. The van der Waals surface area contributed by atoms with E-state index in [9.17, 15) is 9.59 Å². The number of hydrogen-bond acceptors (Lipinski definition) is 4. The van der Waals surface area contributed by atoms with Crippen molar-refractivity contribution in [2.75, 3.05) is 13.7 Å². The second kappa shape index (κ2) is 11.5. The maximum atomic E-state index is 13.8. The highest BCUT2D eigenvalue weighted by Crippen LogP contribution is 2.31. The van der Waals surface area contributed by atoms with Gasteiger partial charge in [-0.2, -0.15) is 0 Å². The van der Waals surface area contributed by atoms with Crippen LogP contribution in [0.5, 0.6) is 5.75 Å². The lowest BCUT2D eigenvalue weighted by Crippen LogP contribution is -2.42. The quantitative estimate of drug-likeness (QED) is 0.344. The van der Waals surface area contributed by atoms with Crippen LogP contribution in [0.4, 0.5) is 0 Å². The topological polar surface area (TPSA) is 64.4 Å². The molecule has 0 saturated heterocycles. The standard InChI is InChI=1S/C29H36ClN3O3/c1-19(2)16-17-32(28(34)21-8-6-5-7-9-21)20(3)27-31-26-18-22(30)10-15-25(26)29(35)33(27)23-11-13-24(36-4)14-12-23/h10-15,18-21H,5-9,16-17H2,1-4H3. The second-order valence-electron chi connectivity index (χ2n) is 10.2. The Morgan fingerprint density at radius 1 is 1.11 bits per heavy atom. The van der Waals surface area contributed by atoms with E-state index < -0.39 is 6.04 Å². The van der Waals surface area contributed by atoms with Crippen LogP contribution in [-0.4, -0.2) is 34.0 Å². The molecule has 0 aliphatic heterocycles. The summed E-state index contributed by atoms with van der Waals surface area (Å²) in [6.07, 6.45) is 6.11. The lowest BCUT2D eigenvalue weighted by molar-refractivity contribution is -0.139. The van der Waals surface area contributed by atoms with Crippen molar-refractivity contribution in [1.82, 2.24) is 14.5 Å². The first-order valence-corrected chi connectivity index (χ1v) is 13.3. The summed E-state index contributed by atoms with van der Waals surface area (Å²) in [6, 6.07) is 12.1. The molecule has 1 heterocycles. The third-order valence-electron chi connectivity index (χ3n) is 7.21. The van der Waals surface area contributed by atoms with Crippen molar-refractivity contribution in [3.8, 4) is 11.4 Å². The number of rotatable bonds is 8. The van der Waals surface area contributed by atoms with E-state index in [1.807, 2.05) is 36.1 Å². The molecule has 1 fully saturated rings. The van der Waals surface area contributed by atoms with Crippen molar-refractivity contribution in [3.05, 3.63) is 63.7 Å². The van der Waals surface area contributed by atoms with Crippen molar-refractivity contribution < 1.29 is 9.53 Å². The van der Waals surface area contributed by atoms with Gasteiger partial charge in [-0.25, -0.2) is 4.98 Å². The number of ether oxygens (including phenoxy) is 1. The molecule has 192 valence electrons. The van der Waals surface area contributed by atoms with Crippen LogP contribution < -0.4 is 10.3 Å². The third-order valence-corrected chi connectivity index (χ3v) is 7.45. The van der Waals surface area contributed by atoms with Crippen LogP contribution in [0.2, 0.25) is 5.02 Å². The molecule has 6 nitrogen and oxygen atoms in total. The first kappa shape index (κ1) is 26.2. The third kappa shape index (κ3) is 5.59. The Bertz CT molecular complexity index is 1260. The number of aromatic nitrogens is 2. The molecule has 0 bridgehead atoms. The van der Waals surface area contributed by atoms with Gasteiger partial charge in [-0.15, -0.1) is 0 Å². The molecule has 0 radical (unpaired) electrons. The van der Waals surface area contributed by atoms with Gasteiger partial charge in [0.25, 0.3) is 5.56 Å². The van der Waals surface area contributed by atoms with Crippen molar-refractivity contribution in [3.63, 3.8) is 0 Å². The monoisotopic (exact) mass is 509 g/mol. The Hall–Kier alpha value is -2.86. The van der Waals surface area contributed by atoms with Crippen LogP contribution in [-0.2, 0) is 4.79 Å². The maximum Gasteiger partial charge on any atom is 0.266 e. The van der Waals surface area contributed by atoms with E-state index in [0.717, 1.165) is 32.1 Å². The number of hydrogen-bond donors (Lipinski definition) is 0. The van der Waals surface area contributed by atoms with E-state index in [1.54, 1.807) is 29.9 Å². The predicted octanol–water partition coefficient (Wildman–Crippen LogP) is 6.56. The number of methoxy groups -OCH3 is 1. The lowest BCUT2D eigenvalue weighted by atomic mass is 9.87. The first-order chi connectivity index (χ1) is 17.3. The number of amides is 1. The molecular formula is C29H36ClN3O3. The zero-order valence-corrected chi connectivity index (χ0v) is 22.4. The summed E-state index contributed by atoms with van der Waals surface area (Å²) in [5.74, 6) is 1.89. The summed E-state index contributed by atoms with van der Waals surface area (Å²) in [5, 5.41) is 1.00. The van der Waals surface area contributed by atoms with Gasteiger partial charge >= 0.3 is 0 Å². The number of carbonyl (C=O) groups excluding carboxylic acids is 1.